The van der Waals surface area contributed by atoms with Gasteiger partial charge in [0.15, 0.2) is 0 Å². The molecular weight excluding hydrogens is 390 g/mol. The van der Waals surface area contributed by atoms with Gasteiger partial charge in [-0.05, 0) is 32.3 Å². The van der Waals surface area contributed by atoms with E-state index in [1.165, 1.54) is 13.8 Å². The third-order valence-corrected chi connectivity index (χ3v) is 7.32. The fourth-order valence-electron chi connectivity index (χ4n) is 2.32. The Balaban J connectivity index is 2.34. The predicted octanol–water partition coefficient (Wildman–Crippen LogP) is 2.26. The Morgan fingerprint density at radius 3 is 2.33 bits per heavy atom. The van der Waals surface area contributed by atoms with Crippen LogP contribution in [0.4, 0.5) is 0 Å². The van der Waals surface area contributed by atoms with Crippen molar-refractivity contribution in [2.45, 2.75) is 56.5 Å². The van der Waals surface area contributed by atoms with Crippen LogP contribution in [0.5, 0.6) is 0 Å². The highest BCUT2D eigenvalue weighted by Gasteiger charge is 2.30. The largest absolute Gasteiger partial charge is 0.411 e. The van der Waals surface area contributed by atoms with Gasteiger partial charge in [0.1, 0.15) is 6.04 Å². The zero-order chi connectivity index (χ0) is 20.1. The van der Waals surface area contributed by atoms with Gasteiger partial charge < -0.3 is 4.42 Å². The van der Waals surface area contributed by atoms with Gasteiger partial charge >= 0.3 is 5.22 Å². The molecule has 0 unspecified atom stereocenters. The van der Waals surface area contributed by atoms with Crippen LogP contribution in [-0.2, 0) is 26.3 Å². The van der Waals surface area contributed by atoms with Crippen molar-refractivity contribution in [2.24, 2.45) is 0 Å². The SMILES string of the molecule is CCCCS(=O)(=O)N[C@@H](Cc1ccccc1)c1nnc(S(=O)(=O)C(C)C)o1. The minimum absolute atomic E-state index is 0.0277. The Morgan fingerprint density at radius 1 is 1.07 bits per heavy atom. The number of sulfone groups is 1. The van der Waals surface area contributed by atoms with Crippen molar-refractivity contribution in [3.8, 4) is 0 Å². The molecule has 27 heavy (non-hydrogen) atoms. The zero-order valence-electron chi connectivity index (χ0n) is 15.6. The molecular formula is C17H25N3O5S2. The number of aromatic nitrogens is 2. The average Bonchev–Trinajstić information content (AvgIpc) is 3.11. The van der Waals surface area contributed by atoms with Crippen molar-refractivity contribution >= 4 is 19.9 Å². The van der Waals surface area contributed by atoms with Crippen LogP contribution in [0.1, 0.15) is 51.1 Å². The van der Waals surface area contributed by atoms with Gasteiger partial charge in [-0.3, -0.25) is 0 Å². The van der Waals surface area contributed by atoms with Crippen molar-refractivity contribution in [1.29, 1.82) is 0 Å². The zero-order valence-corrected chi connectivity index (χ0v) is 17.3. The highest BCUT2D eigenvalue weighted by atomic mass is 32.2. The summed E-state index contributed by atoms with van der Waals surface area (Å²) in [7, 11) is -7.32. The summed E-state index contributed by atoms with van der Waals surface area (Å²) in [6.45, 7) is 4.92. The molecule has 0 fully saturated rings. The molecule has 0 amide bonds. The Hall–Kier alpha value is -1.78. The third kappa shape index (κ3) is 5.85. The minimum atomic E-state index is -3.74. The molecule has 10 heteroatoms. The molecule has 1 aromatic carbocycles. The van der Waals surface area contributed by atoms with Gasteiger partial charge in [-0.25, -0.2) is 21.6 Å². The molecule has 1 atom stereocenters. The first-order valence-electron chi connectivity index (χ1n) is 8.77. The van der Waals surface area contributed by atoms with Crippen molar-refractivity contribution in [2.75, 3.05) is 5.75 Å². The summed E-state index contributed by atoms with van der Waals surface area (Å²) in [5, 5.41) is 6.20. The number of hydrogen-bond acceptors (Lipinski definition) is 7. The maximum atomic E-state index is 12.4. The summed E-state index contributed by atoms with van der Waals surface area (Å²) in [6, 6.07) is 8.35. The van der Waals surface area contributed by atoms with E-state index >= 15 is 0 Å². The summed E-state index contributed by atoms with van der Waals surface area (Å²) in [5.41, 5.74) is 0.854. The summed E-state index contributed by atoms with van der Waals surface area (Å²) in [5.74, 6) is -0.0989. The second kappa shape index (κ2) is 8.94. The van der Waals surface area contributed by atoms with Crippen LogP contribution in [0.25, 0.3) is 0 Å². The van der Waals surface area contributed by atoms with Crippen LogP contribution in [0.3, 0.4) is 0 Å². The Bertz CT molecular complexity index is 938. The molecule has 0 radical (unpaired) electrons. The predicted molar refractivity (Wildman–Crippen MR) is 101 cm³/mol. The van der Waals surface area contributed by atoms with Gasteiger partial charge in [0, 0.05) is 0 Å². The number of hydrogen-bond donors (Lipinski definition) is 1. The molecule has 0 spiro atoms. The maximum Gasteiger partial charge on any atom is 0.335 e. The van der Waals surface area contributed by atoms with E-state index in [0.717, 1.165) is 12.0 Å². The molecule has 1 aromatic heterocycles. The van der Waals surface area contributed by atoms with Crippen LogP contribution in [0.2, 0.25) is 0 Å². The normalized spacial score (nSPS) is 13.8. The van der Waals surface area contributed by atoms with Gasteiger partial charge in [-0.15, -0.1) is 5.10 Å². The molecule has 1 heterocycles. The third-order valence-electron chi connectivity index (χ3n) is 3.96. The van der Waals surface area contributed by atoms with Gasteiger partial charge in [-0.2, -0.15) is 0 Å². The van der Waals surface area contributed by atoms with E-state index in [9.17, 15) is 16.8 Å². The molecule has 8 nitrogen and oxygen atoms in total. The average molecular weight is 416 g/mol. The Morgan fingerprint density at radius 2 is 1.74 bits per heavy atom. The lowest BCUT2D eigenvalue weighted by molar-refractivity contribution is 0.362. The van der Waals surface area contributed by atoms with Crippen molar-refractivity contribution in [3.05, 3.63) is 41.8 Å². The first-order valence-corrected chi connectivity index (χ1v) is 12.0. The van der Waals surface area contributed by atoms with E-state index in [2.05, 4.69) is 14.9 Å². The first kappa shape index (κ1) is 21.5. The van der Waals surface area contributed by atoms with Crippen molar-refractivity contribution < 1.29 is 21.3 Å². The van der Waals surface area contributed by atoms with E-state index in [1.807, 2.05) is 37.3 Å². The van der Waals surface area contributed by atoms with Gasteiger partial charge in [0.05, 0.1) is 11.0 Å². The summed E-state index contributed by atoms with van der Waals surface area (Å²) in [6.07, 6.45) is 1.52. The second-order valence-corrected chi connectivity index (χ2v) is 10.8. The highest BCUT2D eigenvalue weighted by Crippen LogP contribution is 2.22. The van der Waals surface area contributed by atoms with Crippen LogP contribution >= 0.6 is 0 Å². The first-order chi connectivity index (χ1) is 12.7. The second-order valence-electron chi connectivity index (χ2n) is 6.53. The van der Waals surface area contributed by atoms with E-state index in [4.69, 9.17) is 4.42 Å². The molecule has 0 bridgehead atoms. The highest BCUT2D eigenvalue weighted by molar-refractivity contribution is 7.91. The number of unbranched alkanes of at least 4 members (excludes halogenated alkanes) is 1. The van der Waals surface area contributed by atoms with Gasteiger partial charge in [-0.1, -0.05) is 48.8 Å². The van der Waals surface area contributed by atoms with E-state index in [0.29, 0.717) is 6.42 Å². The standard InChI is InChI=1S/C17H25N3O5S2/c1-4-5-11-26(21,22)20-15(12-14-9-7-6-8-10-14)16-18-19-17(25-16)27(23,24)13(2)3/h6-10,13,15,20H,4-5,11-12H2,1-3H3/t15-/m0/s1. The van der Waals surface area contributed by atoms with Crippen molar-refractivity contribution in [1.82, 2.24) is 14.9 Å². The lowest BCUT2D eigenvalue weighted by Gasteiger charge is -2.15. The van der Waals surface area contributed by atoms with Crippen molar-refractivity contribution in [3.63, 3.8) is 0 Å². The fourth-order valence-corrected chi connectivity index (χ4v) is 4.48. The van der Waals surface area contributed by atoms with E-state index < -0.39 is 36.4 Å². The van der Waals surface area contributed by atoms with Gasteiger partial charge in [0.2, 0.25) is 25.8 Å². The molecule has 0 saturated carbocycles. The number of sulfonamides is 1. The molecule has 0 aliphatic heterocycles. The number of benzene rings is 1. The summed E-state index contributed by atoms with van der Waals surface area (Å²) in [4.78, 5) is 0. The molecule has 2 aromatic rings. The topological polar surface area (TPSA) is 119 Å². The molecule has 0 saturated heterocycles. The number of nitrogens with one attached hydrogen (secondary N) is 1. The van der Waals surface area contributed by atoms with Crippen LogP contribution in [0, 0.1) is 0 Å². The molecule has 2 rings (SSSR count). The summed E-state index contributed by atoms with van der Waals surface area (Å²) >= 11 is 0. The van der Waals surface area contributed by atoms with Crippen LogP contribution < -0.4 is 4.72 Å². The maximum absolute atomic E-state index is 12.4. The summed E-state index contributed by atoms with van der Waals surface area (Å²) < 4.78 is 57.1. The molecule has 1 N–H and O–H groups in total. The molecule has 0 aliphatic rings. The van der Waals surface area contributed by atoms with Crippen LogP contribution in [-0.4, -0.2) is 38.0 Å². The molecule has 150 valence electrons. The Labute approximate surface area is 160 Å². The number of rotatable bonds is 10. The number of nitrogens with zero attached hydrogens (tertiary/aromatic N) is 2. The molecule has 0 aliphatic carbocycles. The van der Waals surface area contributed by atoms with Crippen LogP contribution in [0.15, 0.2) is 40.0 Å². The van der Waals surface area contributed by atoms with Gasteiger partial charge in [0.25, 0.3) is 0 Å². The lowest BCUT2D eigenvalue weighted by atomic mass is 10.1. The fraction of sp³-hybridized carbons (Fsp3) is 0.529. The lowest BCUT2D eigenvalue weighted by Crippen LogP contribution is -2.32. The Kier molecular flexibility index (Phi) is 7.12. The monoisotopic (exact) mass is 415 g/mol. The quantitative estimate of drug-likeness (QED) is 0.632. The smallest absolute Gasteiger partial charge is 0.335 e. The van der Waals surface area contributed by atoms with E-state index in [-0.39, 0.29) is 18.1 Å². The minimum Gasteiger partial charge on any atom is -0.411 e. The van der Waals surface area contributed by atoms with E-state index in [1.54, 1.807) is 0 Å².